The maximum absolute atomic E-state index is 14.9. The second kappa shape index (κ2) is 16.2. The zero-order chi connectivity index (χ0) is 43.5. The van der Waals surface area contributed by atoms with Gasteiger partial charge in [0.15, 0.2) is 0 Å². The van der Waals surface area contributed by atoms with Crippen molar-refractivity contribution in [1.29, 1.82) is 0 Å². The normalized spacial score (nSPS) is 17.0. The fourth-order valence-corrected chi connectivity index (χ4v) is 7.91. The van der Waals surface area contributed by atoms with Gasteiger partial charge in [-0.25, -0.2) is 4.98 Å². The van der Waals surface area contributed by atoms with E-state index in [0.29, 0.717) is 27.8 Å². The maximum atomic E-state index is 14.9. The van der Waals surface area contributed by atoms with Gasteiger partial charge in [-0.1, -0.05) is 103 Å². The molecule has 0 bridgehead atoms. The SMILES string of the molecule is [2H]C([2H])([2H])c1ccc2c(n1)oc1c(-c3cc(C([2H])([2H])C4CCCC4)c(C([2H])(C)C)cn3)[c-]cc(F)c12.[2H]C([2H])(c1cc(-c2[c-]cccc2)ncc1[Si](C)(C)C)C(C)(C)C.[Ir]. The number of halogens is 1. The predicted octanol–water partition coefficient (Wildman–Crippen LogP) is 11.8. The number of aromatic nitrogens is 3. The van der Waals surface area contributed by atoms with E-state index in [4.69, 9.17) is 15.4 Å². The Morgan fingerprint density at radius 1 is 1.02 bits per heavy atom. The van der Waals surface area contributed by atoms with Gasteiger partial charge in [-0.15, -0.1) is 48.0 Å². The van der Waals surface area contributed by atoms with Crippen molar-refractivity contribution in [2.45, 2.75) is 105 Å². The molecule has 0 aliphatic heterocycles. The van der Waals surface area contributed by atoms with Crippen molar-refractivity contribution in [3.8, 4) is 22.5 Å². The molecule has 1 aliphatic rings. The Bertz CT molecular complexity index is 2480. The summed E-state index contributed by atoms with van der Waals surface area (Å²) in [5.41, 5.74) is 3.47. The van der Waals surface area contributed by atoms with E-state index in [2.05, 4.69) is 46.7 Å². The van der Waals surface area contributed by atoms with Crippen LogP contribution in [0.1, 0.15) is 99.5 Å². The van der Waals surface area contributed by atoms with Crippen LogP contribution in [0.4, 0.5) is 4.39 Å². The number of rotatable bonds is 7. The van der Waals surface area contributed by atoms with Gasteiger partial charge in [-0.3, -0.25) is 4.39 Å². The van der Waals surface area contributed by atoms with E-state index in [1.807, 2.05) is 57.3 Å². The monoisotopic (exact) mass is 898 g/mol. The van der Waals surface area contributed by atoms with Gasteiger partial charge in [0.2, 0.25) is 5.71 Å². The molecule has 1 saturated carbocycles. The number of aryl methyl sites for hydroxylation is 1. The topological polar surface area (TPSA) is 51.8 Å². The molecule has 7 rings (SSSR count). The van der Waals surface area contributed by atoms with Crippen LogP contribution in [0, 0.1) is 36.1 Å². The summed E-state index contributed by atoms with van der Waals surface area (Å²) >= 11 is 0. The molecule has 1 radical (unpaired) electrons. The summed E-state index contributed by atoms with van der Waals surface area (Å²) in [4.78, 5) is 13.2. The molecule has 275 valence electrons. The van der Waals surface area contributed by atoms with Crippen LogP contribution >= 0.6 is 0 Å². The quantitative estimate of drug-likeness (QED) is 0.118. The van der Waals surface area contributed by atoms with Gasteiger partial charge in [0.25, 0.3) is 0 Å². The number of fused-ring (bicyclic) bond motifs is 3. The van der Waals surface area contributed by atoms with Crippen LogP contribution in [0.3, 0.4) is 0 Å². The summed E-state index contributed by atoms with van der Waals surface area (Å²) in [6, 6.07) is 21.3. The van der Waals surface area contributed by atoms with E-state index < -0.39 is 44.8 Å². The van der Waals surface area contributed by atoms with E-state index in [-0.39, 0.29) is 48.4 Å². The average molecular weight is 898 g/mol. The molecule has 7 heteroatoms. The zero-order valence-corrected chi connectivity index (χ0v) is 34.6. The molecular formula is C45H52FIrN3OSi-2. The van der Waals surface area contributed by atoms with Crippen LogP contribution in [0.15, 0.2) is 71.4 Å². The van der Waals surface area contributed by atoms with E-state index in [0.717, 1.165) is 47.7 Å². The Labute approximate surface area is 335 Å². The smallest absolute Gasteiger partial charge is 0.216 e. The molecule has 4 nitrogen and oxygen atoms in total. The second-order valence-corrected chi connectivity index (χ2v) is 20.7. The first-order valence-electron chi connectivity index (χ1n) is 21.7. The van der Waals surface area contributed by atoms with Crippen molar-refractivity contribution in [3.63, 3.8) is 0 Å². The maximum Gasteiger partial charge on any atom is 0.216 e. The molecule has 0 amide bonds. The number of pyridine rings is 3. The zero-order valence-electron chi connectivity index (χ0n) is 39.2. The van der Waals surface area contributed by atoms with Gasteiger partial charge < -0.3 is 14.4 Å². The van der Waals surface area contributed by atoms with Crippen molar-refractivity contribution in [2.75, 3.05) is 0 Å². The van der Waals surface area contributed by atoms with Crippen LogP contribution in [-0.4, -0.2) is 23.0 Å². The number of hydrogen-bond donors (Lipinski definition) is 0. The van der Waals surface area contributed by atoms with Gasteiger partial charge >= 0.3 is 0 Å². The van der Waals surface area contributed by atoms with Crippen molar-refractivity contribution >= 4 is 35.3 Å². The molecule has 2 aromatic carbocycles. The first-order valence-corrected chi connectivity index (χ1v) is 21.2. The van der Waals surface area contributed by atoms with E-state index in [1.165, 1.54) is 24.4 Å². The Morgan fingerprint density at radius 2 is 1.75 bits per heavy atom. The summed E-state index contributed by atoms with van der Waals surface area (Å²) in [6.45, 7) is 13.5. The molecule has 4 aromatic heterocycles. The molecule has 0 spiro atoms. The Hall–Kier alpha value is -3.51. The fraction of sp³-hybridized carbons (Fsp3) is 0.400. The summed E-state index contributed by atoms with van der Waals surface area (Å²) < 4.78 is 87.8. The molecule has 0 saturated heterocycles. The Balaban J connectivity index is 0.000000247. The van der Waals surface area contributed by atoms with Crippen molar-refractivity contribution in [3.05, 3.63) is 107 Å². The molecule has 6 aromatic rings. The summed E-state index contributed by atoms with van der Waals surface area (Å²) in [7, 11) is -1.70. The van der Waals surface area contributed by atoms with Crippen LogP contribution < -0.4 is 5.19 Å². The number of nitrogens with zero attached hydrogens (tertiary/aromatic N) is 3. The van der Waals surface area contributed by atoms with E-state index >= 15 is 0 Å². The molecule has 0 atom stereocenters. The molecule has 1 aliphatic carbocycles. The first kappa shape index (κ1) is 29.9. The third kappa shape index (κ3) is 9.16. The van der Waals surface area contributed by atoms with Gasteiger partial charge in [0.1, 0.15) is 0 Å². The van der Waals surface area contributed by atoms with Crippen LogP contribution in [0.5, 0.6) is 0 Å². The Kier molecular flexibility index (Phi) is 9.33. The molecule has 0 N–H and O–H groups in total. The minimum atomic E-state index is -2.44. The summed E-state index contributed by atoms with van der Waals surface area (Å²) in [5, 5.41) is 1.56. The fourth-order valence-electron chi connectivity index (χ4n) is 6.52. The third-order valence-corrected chi connectivity index (χ3v) is 11.0. The average Bonchev–Trinajstić information content (AvgIpc) is 3.84. The standard InChI is InChI=1S/C26H26FN2O.C19H26NSi.Ir/c1-15(2)21-14-28-23(13-18(21)12-17-6-4-5-7-17)19-10-11-22(27)24-20-9-8-16(3)29-26(20)30-25(19)24;1-19(2,3)13-16-12-17(15-10-8-7-9-11-15)20-14-18(16)21(4,5)6;/h8-9,11,13-15,17H,4-7,12H2,1-3H3;7-10,12,14H,13H2,1-6H3;/q2*-1;/i3D3,12D2,15D;13D2;. The number of benzene rings is 2. The van der Waals surface area contributed by atoms with Gasteiger partial charge in [0, 0.05) is 60.4 Å². The second-order valence-electron chi connectivity index (χ2n) is 15.6. The van der Waals surface area contributed by atoms with Crippen molar-refractivity contribution in [1.82, 2.24) is 15.0 Å². The number of furan rings is 1. The molecule has 4 heterocycles. The van der Waals surface area contributed by atoms with Crippen LogP contribution in [0.2, 0.25) is 19.6 Å². The molecular weight excluding hydrogens is 838 g/mol. The van der Waals surface area contributed by atoms with Crippen molar-refractivity contribution in [2.24, 2.45) is 11.3 Å². The van der Waals surface area contributed by atoms with Crippen LogP contribution in [0.25, 0.3) is 44.6 Å². The van der Waals surface area contributed by atoms with Gasteiger partial charge in [-0.05, 0) is 82.0 Å². The number of hydrogen-bond acceptors (Lipinski definition) is 4. The molecule has 1 fully saturated rings. The Morgan fingerprint density at radius 3 is 2.40 bits per heavy atom. The van der Waals surface area contributed by atoms with E-state index in [9.17, 15) is 4.39 Å². The molecule has 52 heavy (non-hydrogen) atoms. The van der Waals surface area contributed by atoms with Gasteiger partial charge in [0.05, 0.1) is 13.7 Å². The van der Waals surface area contributed by atoms with Crippen molar-refractivity contribution < 1.29 is 39.9 Å². The van der Waals surface area contributed by atoms with Crippen LogP contribution in [-0.2, 0) is 32.9 Å². The minimum Gasteiger partial charge on any atom is -0.486 e. The summed E-state index contributed by atoms with van der Waals surface area (Å²) in [6.07, 6.45) is 3.80. The minimum absolute atomic E-state index is 0. The molecule has 0 unspecified atom stereocenters. The van der Waals surface area contributed by atoms with Gasteiger partial charge in [-0.2, -0.15) is 0 Å². The summed E-state index contributed by atoms with van der Waals surface area (Å²) in [5.74, 6) is -1.84. The van der Waals surface area contributed by atoms with E-state index in [1.54, 1.807) is 19.9 Å². The third-order valence-electron chi connectivity index (χ3n) is 8.98. The largest absolute Gasteiger partial charge is 0.486 e. The predicted molar refractivity (Wildman–Crippen MR) is 213 cm³/mol. The first-order chi connectivity index (χ1) is 27.2.